The van der Waals surface area contributed by atoms with Crippen molar-refractivity contribution in [2.75, 3.05) is 19.8 Å². The van der Waals surface area contributed by atoms with E-state index in [4.69, 9.17) is 5.73 Å². The van der Waals surface area contributed by atoms with Crippen LogP contribution in [0, 0.1) is 0 Å². The molecule has 0 aliphatic carbocycles. The molecule has 0 radical (unpaired) electrons. The van der Waals surface area contributed by atoms with Gasteiger partial charge in [0.1, 0.15) is 5.01 Å². The second-order valence-corrected chi connectivity index (χ2v) is 6.27. The summed E-state index contributed by atoms with van der Waals surface area (Å²) in [6.45, 7) is 0. The van der Waals surface area contributed by atoms with Crippen LogP contribution in [0.3, 0.4) is 0 Å². The summed E-state index contributed by atoms with van der Waals surface area (Å²) in [6.07, 6.45) is 0.346. The third-order valence-corrected chi connectivity index (χ3v) is 4.57. The average Bonchev–Trinajstić information content (AvgIpc) is 2.96. The lowest BCUT2D eigenvalue weighted by Gasteiger charge is -2.07. The molecule has 0 aliphatic heterocycles. The summed E-state index contributed by atoms with van der Waals surface area (Å²) >= 11 is 3.02. The number of amides is 1. The van der Waals surface area contributed by atoms with Crippen molar-refractivity contribution in [1.82, 2.24) is 24.6 Å². The van der Waals surface area contributed by atoms with Crippen molar-refractivity contribution in [2.45, 2.75) is 17.3 Å². The fraction of sp³-hybridized carbons (Fsp3) is 0.455. The summed E-state index contributed by atoms with van der Waals surface area (Å²) < 4.78 is 1.73. The van der Waals surface area contributed by atoms with E-state index in [-0.39, 0.29) is 5.91 Å². The summed E-state index contributed by atoms with van der Waals surface area (Å²) in [4.78, 5) is 17.6. The molecule has 0 fully saturated rings. The summed E-state index contributed by atoms with van der Waals surface area (Å²) in [6, 6.07) is 0. The number of nitrogen functional groups attached to an aromatic ring is 1. The van der Waals surface area contributed by atoms with Gasteiger partial charge in [0.15, 0.2) is 5.16 Å². The van der Waals surface area contributed by atoms with Gasteiger partial charge in [0, 0.05) is 32.3 Å². The van der Waals surface area contributed by atoms with Crippen molar-refractivity contribution in [3.8, 4) is 0 Å². The van der Waals surface area contributed by atoms with Crippen molar-refractivity contribution in [3.05, 3.63) is 16.1 Å². The first-order valence-corrected chi connectivity index (χ1v) is 7.75. The van der Waals surface area contributed by atoms with Gasteiger partial charge < -0.3 is 10.6 Å². The highest BCUT2D eigenvalue weighted by Gasteiger charge is 2.11. The van der Waals surface area contributed by atoms with E-state index in [1.165, 1.54) is 23.1 Å². The van der Waals surface area contributed by atoms with E-state index in [1.807, 2.05) is 12.4 Å². The molecule has 7 nitrogen and oxygen atoms in total. The lowest BCUT2D eigenvalue weighted by molar-refractivity contribution is -0.127. The van der Waals surface area contributed by atoms with Crippen molar-refractivity contribution in [3.63, 3.8) is 0 Å². The number of thioether (sulfide) groups is 1. The number of hydrogen-bond acceptors (Lipinski definition) is 7. The number of carbonyl (C=O) groups is 1. The minimum absolute atomic E-state index is 0.0552. The third kappa shape index (κ3) is 3.48. The normalized spacial score (nSPS) is 10.8. The Bertz CT molecular complexity index is 606. The van der Waals surface area contributed by atoms with E-state index < -0.39 is 0 Å². The smallest absolute Gasteiger partial charge is 0.228 e. The molecule has 2 heterocycles. The first-order valence-electron chi connectivity index (χ1n) is 5.88. The molecule has 0 saturated carbocycles. The molecule has 0 saturated heterocycles. The predicted molar refractivity (Wildman–Crippen MR) is 79.5 cm³/mol. The van der Waals surface area contributed by atoms with Gasteiger partial charge in [-0.05, 0) is 0 Å². The molecule has 0 aliphatic rings. The molecule has 0 spiro atoms. The van der Waals surface area contributed by atoms with Gasteiger partial charge in [-0.3, -0.25) is 9.36 Å². The van der Waals surface area contributed by atoms with Crippen LogP contribution < -0.4 is 5.73 Å². The summed E-state index contributed by atoms with van der Waals surface area (Å²) in [5.74, 6) is 1.13. The van der Waals surface area contributed by atoms with Crippen LogP contribution in [-0.2, 0) is 24.0 Å². The number of hydrogen-bond donors (Lipinski definition) is 1. The minimum Gasteiger partial charge on any atom is -0.368 e. The molecule has 20 heavy (non-hydrogen) atoms. The number of rotatable bonds is 5. The Labute approximate surface area is 125 Å². The Morgan fingerprint density at radius 1 is 1.50 bits per heavy atom. The van der Waals surface area contributed by atoms with Gasteiger partial charge in [0.2, 0.25) is 11.9 Å². The highest BCUT2D eigenvalue weighted by Crippen LogP contribution is 2.22. The molecule has 0 bridgehead atoms. The Kier molecular flexibility index (Phi) is 4.61. The van der Waals surface area contributed by atoms with Crippen molar-refractivity contribution >= 4 is 35.0 Å². The van der Waals surface area contributed by atoms with E-state index in [0.29, 0.717) is 18.1 Å². The van der Waals surface area contributed by atoms with Crippen molar-refractivity contribution < 1.29 is 4.79 Å². The van der Waals surface area contributed by atoms with Crippen LogP contribution >= 0.6 is 23.1 Å². The van der Waals surface area contributed by atoms with Crippen LogP contribution in [0.4, 0.5) is 5.95 Å². The maximum absolute atomic E-state index is 11.6. The first-order chi connectivity index (χ1) is 9.47. The quantitative estimate of drug-likeness (QED) is 0.821. The molecule has 2 aromatic rings. The van der Waals surface area contributed by atoms with Crippen LogP contribution in [0.1, 0.15) is 10.7 Å². The van der Waals surface area contributed by atoms with Crippen LogP contribution in [0.5, 0.6) is 0 Å². The molecule has 0 aromatic carbocycles. The maximum Gasteiger partial charge on any atom is 0.228 e. The molecule has 0 unspecified atom stereocenters. The number of anilines is 1. The van der Waals surface area contributed by atoms with Crippen LogP contribution in [0.15, 0.2) is 10.5 Å². The minimum atomic E-state index is 0.0552. The molecular formula is C11H16N6OS2. The number of nitrogens with zero attached hydrogens (tertiary/aromatic N) is 5. The zero-order valence-electron chi connectivity index (χ0n) is 11.5. The maximum atomic E-state index is 11.6. The fourth-order valence-corrected chi connectivity index (χ4v) is 3.08. The van der Waals surface area contributed by atoms with Gasteiger partial charge in [0.05, 0.1) is 12.1 Å². The van der Waals surface area contributed by atoms with Gasteiger partial charge >= 0.3 is 0 Å². The summed E-state index contributed by atoms with van der Waals surface area (Å²) in [5, 5.41) is 11.3. The highest BCUT2D eigenvalue weighted by molar-refractivity contribution is 7.98. The molecule has 2 N–H and O–H groups in total. The molecule has 2 aromatic heterocycles. The SMILES string of the molecule is CN(C)C(=O)Cc1nc(CSc2nnc(N)n2C)cs1. The van der Waals surface area contributed by atoms with Crippen molar-refractivity contribution in [1.29, 1.82) is 0 Å². The lowest BCUT2D eigenvalue weighted by atomic mass is 10.4. The van der Waals surface area contributed by atoms with E-state index in [1.54, 1.807) is 23.6 Å². The predicted octanol–water partition coefficient (Wildman–Crippen LogP) is 0.777. The second-order valence-electron chi connectivity index (χ2n) is 4.39. The Hall–Kier alpha value is -1.61. The Balaban J connectivity index is 1.93. The molecule has 9 heteroatoms. The molecule has 1 amide bonds. The van der Waals surface area contributed by atoms with Gasteiger partial charge in [-0.25, -0.2) is 4.98 Å². The monoisotopic (exact) mass is 312 g/mol. The standard InChI is InChI=1S/C11H16N6OS2/c1-16(2)9(18)4-8-13-7(5-19-8)6-20-11-15-14-10(12)17(11)3/h5H,4,6H2,1-3H3,(H2,12,14). The van der Waals surface area contributed by atoms with E-state index in [2.05, 4.69) is 15.2 Å². The van der Waals surface area contributed by atoms with Gasteiger partial charge in [-0.1, -0.05) is 11.8 Å². The van der Waals surface area contributed by atoms with E-state index in [0.717, 1.165) is 15.9 Å². The largest absolute Gasteiger partial charge is 0.368 e. The third-order valence-electron chi connectivity index (χ3n) is 2.62. The number of aromatic nitrogens is 4. The van der Waals surface area contributed by atoms with Crippen LogP contribution in [-0.4, -0.2) is 44.7 Å². The molecule has 108 valence electrons. The lowest BCUT2D eigenvalue weighted by Crippen LogP contribution is -2.23. The Morgan fingerprint density at radius 2 is 2.25 bits per heavy atom. The van der Waals surface area contributed by atoms with Crippen LogP contribution in [0.25, 0.3) is 0 Å². The summed E-state index contributed by atoms with van der Waals surface area (Å²) in [5.41, 5.74) is 6.55. The van der Waals surface area contributed by atoms with Gasteiger partial charge in [0.25, 0.3) is 0 Å². The average molecular weight is 312 g/mol. The van der Waals surface area contributed by atoms with Gasteiger partial charge in [-0.2, -0.15) is 0 Å². The second kappa shape index (κ2) is 6.23. The van der Waals surface area contributed by atoms with Crippen molar-refractivity contribution in [2.24, 2.45) is 7.05 Å². The Morgan fingerprint density at radius 3 is 2.85 bits per heavy atom. The highest BCUT2D eigenvalue weighted by atomic mass is 32.2. The first kappa shape index (κ1) is 14.8. The molecule has 0 atom stereocenters. The topological polar surface area (TPSA) is 89.9 Å². The van der Waals surface area contributed by atoms with Crippen LogP contribution in [0.2, 0.25) is 0 Å². The number of thiazole rings is 1. The van der Waals surface area contributed by atoms with Gasteiger partial charge in [-0.15, -0.1) is 21.5 Å². The fourth-order valence-electron chi connectivity index (χ4n) is 1.37. The number of nitrogens with two attached hydrogens (primary N) is 1. The molecule has 2 rings (SSSR count). The number of likely N-dealkylation sites (N-methyl/N-ethyl adjacent to an activating group) is 1. The zero-order chi connectivity index (χ0) is 14.7. The van der Waals surface area contributed by atoms with E-state index in [9.17, 15) is 4.79 Å². The van der Waals surface area contributed by atoms with E-state index >= 15 is 0 Å². The summed E-state index contributed by atoms with van der Waals surface area (Å²) in [7, 11) is 5.30. The zero-order valence-corrected chi connectivity index (χ0v) is 13.2. The molecular weight excluding hydrogens is 296 g/mol. The number of carbonyl (C=O) groups excluding carboxylic acids is 1.